The van der Waals surface area contributed by atoms with Crippen molar-refractivity contribution in [3.8, 4) is 17.1 Å². The molecule has 1 fully saturated rings. The zero-order valence-electron chi connectivity index (χ0n) is 19.2. The summed E-state index contributed by atoms with van der Waals surface area (Å²) in [6, 6.07) is 19.3. The Bertz CT molecular complexity index is 1350. The number of carboxylic acids is 1. The van der Waals surface area contributed by atoms with E-state index in [-0.39, 0.29) is 24.0 Å². The van der Waals surface area contributed by atoms with Crippen LogP contribution in [-0.2, 0) is 0 Å². The number of benzene rings is 3. The van der Waals surface area contributed by atoms with Crippen molar-refractivity contribution in [3.05, 3.63) is 83.1 Å². The van der Waals surface area contributed by atoms with E-state index in [0.29, 0.717) is 10.9 Å². The summed E-state index contributed by atoms with van der Waals surface area (Å²) in [5.74, 6) is -0.639. The number of ether oxygens (including phenoxy) is 1. The fourth-order valence-electron chi connectivity index (χ4n) is 5.05. The Balaban J connectivity index is 1.57. The topological polar surface area (TPSA) is 64.3 Å². The molecular formula is C28H26ClFN2O3. The first-order valence-electron chi connectivity index (χ1n) is 11.9. The van der Waals surface area contributed by atoms with Crippen molar-refractivity contribution in [2.75, 3.05) is 6.61 Å². The lowest BCUT2D eigenvalue weighted by Crippen LogP contribution is -2.28. The number of halogens is 2. The molecule has 0 aliphatic heterocycles. The summed E-state index contributed by atoms with van der Waals surface area (Å²) in [5, 5.41) is 9.80. The third kappa shape index (κ3) is 4.89. The van der Waals surface area contributed by atoms with E-state index in [1.807, 2.05) is 42.5 Å². The molecule has 0 bridgehead atoms. The fraction of sp³-hybridized carbons (Fsp3) is 0.286. The van der Waals surface area contributed by atoms with Crippen molar-refractivity contribution in [2.24, 2.45) is 5.92 Å². The summed E-state index contributed by atoms with van der Waals surface area (Å²) in [6.07, 6.45) is 5.61. The van der Waals surface area contributed by atoms with Gasteiger partial charge in [0.25, 0.3) is 0 Å². The molecule has 35 heavy (non-hydrogen) atoms. The van der Waals surface area contributed by atoms with Crippen molar-refractivity contribution >= 4 is 28.6 Å². The summed E-state index contributed by atoms with van der Waals surface area (Å²) in [6.45, 7) is 0.245. The lowest BCUT2D eigenvalue weighted by molar-refractivity contribution is 0.0696. The number of fused-ring (bicyclic) bond motifs is 1. The molecule has 180 valence electrons. The quantitative estimate of drug-likeness (QED) is 0.292. The average molecular weight is 493 g/mol. The number of para-hydroxylation sites is 2. The van der Waals surface area contributed by atoms with Gasteiger partial charge in [-0.1, -0.05) is 43.0 Å². The predicted molar refractivity (Wildman–Crippen MR) is 135 cm³/mol. The lowest BCUT2D eigenvalue weighted by Gasteiger charge is -2.32. The molecule has 7 heteroatoms. The van der Waals surface area contributed by atoms with Crippen LogP contribution in [0.5, 0.6) is 5.75 Å². The molecule has 4 aromatic rings. The van der Waals surface area contributed by atoms with Gasteiger partial charge >= 0.3 is 5.97 Å². The summed E-state index contributed by atoms with van der Waals surface area (Å²) in [5.41, 5.74) is 2.72. The molecule has 1 saturated carbocycles. The number of imidazole rings is 1. The largest absolute Gasteiger partial charge is 0.488 e. The maximum Gasteiger partial charge on any atom is 0.335 e. The van der Waals surface area contributed by atoms with Crippen molar-refractivity contribution in [1.82, 2.24) is 9.55 Å². The van der Waals surface area contributed by atoms with Gasteiger partial charge in [-0.15, -0.1) is 0 Å². The van der Waals surface area contributed by atoms with E-state index in [9.17, 15) is 9.18 Å². The number of aromatic nitrogens is 2. The first-order valence-corrected chi connectivity index (χ1v) is 12.3. The molecular weight excluding hydrogens is 467 g/mol. The minimum absolute atomic E-state index is 0.0493. The highest BCUT2D eigenvalue weighted by Gasteiger charge is 2.30. The van der Waals surface area contributed by atoms with Gasteiger partial charge in [0.2, 0.25) is 0 Å². The molecule has 1 aliphatic carbocycles. The Kier molecular flexibility index (Phi) is 6.73. The Morgan fingerprint density at radius 3 is 2.54 bits per heavy atom. The maximum atomic E-state index is 14.7. The van der Waals surface area contributed by atoms with E-state index < -0.39 is 11.8 Å². The molecule has 1 N–H and O–H groups in total. The Morgan fingerprint density at radius 2 is 1.83 bits per heavy atom. The van der Waals surface area contributed by atoms with Crippen LogP contribution in [0.3, 0.4) is 0 Å². The zero-order chi connectivity index (χ0) is 24.4. The van der Waals surface area contributed by atoms with Crippen molar-refractivity contribution < 1.29 is 19.0 Å². The summed E-state index contributed by atoms with van der Waals surface area (Å²) in [4.78, 5) is 16.1. The minimum atomic E-state index is -1.17. The average Bonchev–Trinajstić information content (AvgIpc) is 3.25. The van der Waals surface area contributed by atoms with Crippen LogP contribution in [0.1, 0.15) is 48.5 Å². The standard InChI is InChI=1S/C28H26ClFN2O3/c29-21-13-10-19(11-14-21)27-31-23-8-4-5-9-24(23)32(27)25(18-6-2-1-3-7-18)17-35-26-15-12-20(28(33)34)16-22(26)30/h4-5,8-16,18,25H,1-3,6-7,17H2,(H,33,34). The monoisotopic (exact) mass is 492 g/mol. The van der Waals surface area contributed by atoms with Gasteiger partial charge in [-0.2, -0.15) is 0 Å². The van der Waals surface area contributed by atoms with Crippen LogP contribution in [0.4, 0.5) is 4.39 Å². The lowest BCUT2D eigenvalue weighted by atomic mass is 9.83. The van der Waals surface area contributed by atoms with Crippen LogP contribution in [0.15, 0.2) is 66.7 Å². The Hall–Kier alpha value is -3.38. The second kappa shape index (κ2) is 10.1. The van der Waals surface area contributed by atoms with Gasteiger partial charge in [-0.05, 0) is 73.4 Å². The van der Waals surface area contributed by atoms with Gasteiger partial charge in [-0.3, -0.25) is 0 Å². The van der Waals surface area contributed by atoms with Crippen LogP contribution < -0.4 is 4.74 Å². The second-order valence-electron chi connectivity index (χ2n) is 9.03. The number of nitrogens with zero attached hydrogens (tertiary/aromatic N) is 2. The Labute approximate surface area is 208 Å². The van der Waals surface area contributed by atoms with Crippen LogP contribution in [-0.4, -0.2) is 27.2 Å². The summed E-state index contributed by atoms with van der Waals surface area (Å²) in [7, 11) is 0. The molecule has 1 aromatic heterocycles. The fourth-order valence-corrected chi connectivity index (χ4v) is 5.18. The van der Waals surface area contributed by atoms with E-state index in [1.54, 1.807) is 0 Å². The molecule has 0 spiro atoms. The smallest absolute Gasteiger partial charge is 0.335 e. The highest BCUT2D eigenvalue weighted by Crippen LogP contribution is 2.38. The van der Waals surface area contributed by atoms with Crippen LogP contribution in [0.25, 0.3) is 22.4 Å². The third-order valence-electron chi connectivity index (χ3n) is 6.81. The normalized spacial score (nSPS) is 15.3. The first kappa shape index (κ1) is 23.4. The molecule has 0 saturated heterocycles. The second-order valence-corrected chi connectivity index (χ2v) is 9.46. The van der Waals surface area contributed by atoms with Crippen LogP contribution >= 0.6 is 11.6 Å². The molecule has 1 aliphatic rings. The van der Waals surface area contributed by atoms with Gasteiger partial charge in [0.15, 0.2) is 11.6 Å². The summed E-state index contributed by atoms with van der Waals surface area (Å²) >= 11 is 6.15. The van der Waals surface area contributed by atoms with Crippen LogP contribution in [0.2, 0.25) is 5.02 Å². The molecule has 3 aromatic carbocycles. The highest BCUT2D eigenvalue weighted by molar-refractivity contribution is 6.30. The van der Waals surface area contributed by atoms with E-state index in [2.05, 4.69) is 10.6 Å². The number of carboxylic acid groups (broad SMARTS) is 1. The molecule has 5 nitrogen and oxygen atoms in total. The minimum Gasteiger partial charge on any atom is -0.488 e. The molecule has 1 unspecified atom stereocenters. The number of hydrogen-bond donors (Lipinski definition) is 1. The zero-order valence-corrected chi connectivity index (χ0v) is 19.9. The molecule has 5 rings (SSSR count). The van der Waals surface area contributed by atoms with Gasteiger partial charge in [-0.25, -0.2) is 14.2 Å². The van der Waals surface area contributed by atoms with Crippen molar-refractivity contribution in [3.63, 3.8) is 0 Å². The summed E-state index contributed by atoms with van der Waals surface area (Å²) < 4.78 is 22.9. The maximum absolute atomic E-state index is 14.7. The molecule has 0 radical (unpaired) electrons. The SMILES string of the molecule is O=C(O)c1ccc(OCC(C2CCCCC2)n2c(-c3ccc(Cl)cc3)nc3ccccc32)c(F)c1. The number of aromatic carboxylic acids is 1. The van der Waals surface area contributed by atoms with Gasteiger partial charge < -0.3 is 14.4 Å². The van der Waals surface area contributed by atoms with E-state index >= 15 is 0 Å². The van der Waals surface area contributed by atoms with Gasteiger partial charge in [0, 0.05) is 10.6 Å². The van der Waals surface area contributed by atoms with Gasteiger partial charge in [0.1, 0.15) is 12.4 Å². The van der Waals surface area contributed by atoms with E-state index in [4.69, 9.17) is 26.4 Å². The number of carbonyl (C=O) groups is 1. The van der Waals surface area contributed by atoms with Crippen LogP contribution in [0, 0.1) is 11.7 Å². The number of hydrogen-bond acceptors (Lipinski definition) is 3. The van der Waals surface area contributed by atoms with Crippen molar-refractivity contribution in [2.45, 2.75) is 38.1 Å². The molecule has 1 atom stereocenters. The molecule has 1 heterocycles. The number of rotatable bonds is 7. The highest BCUT2D eigenvalue weighted by atomic mass is 35.5. The van der Waals surface area contributed by atoms with Gasteiger partial charge in [0.05, 0.1) is 22.6 Å². The van der Waals surface area contributed by atoms with E-state index in [0.717, 1.165) is 54.2 Å². The molecule has 0 amide bonds. The Morgan fingerprint density at radius 1 is 1.09 bits per heavy atom. The predicted octanol–water partition coefficient (Wildman–Crippen LogP) is 7.39. The third-order valence-corrected chi connectivity index (χ3v) is 7.06. The van der Waals surface area contributed by atoms with E-state index in [1.165, 1.54) is 18.6 Å². The van der Waals surface area contributed by atoms with Crippen molar-refractivity contribution in [1.29, 1.82) is 0 Å². The first-order chi connectivity index (χ1) is 17.0.